The van der Waals surface area contributed by atoms with Gasteiger partial charge in [0.2, 0.25) is 0 Å². The van der Waals surface area contributed by atoms with Crippen molar-refractivity contribution in [2.24, 2.45) is 0 Å². The molecule has 0 saturated carbocycles. The van der Waals surface area contributed by atoms with Gasteiger partial charge in [0.1, 0.15) is 0 Å². The maximum Gasteiger partial charge on any atom is 0.252 e. The van der Waals surface area contributed by atoms with Crippen LogP contribution in [0.15, 0.2) is 146 Å². The van der Waals surface area contributed by atoms with E-state index in [0.717, 1.165) is 0 Å². The smallest absolute Gasteiger partial charge is 0.252 e. The van der Waals surface area contributed by atoms with Gasteiger partial charge in [-0.1, -0.05) is 173 Å². The van der Waals surface area contributed by atoms with Crippen molar-refractivity contribution in [3.05, 3.63) is 173 Å². The summed E-state index contributed by atoms with van der Waals surface area (Å²) in [5.41, 5.74) is 23.4. The van der Waals surface area contributed by atoms with Crippen molar-refractivity contribution < 1.29 is 0 Å². The average Bonchev–Trinajstić information content (AvgIpc) is 3.45. The van der Waals surface area contributed by atoms with Crippen LogP contribution in [0.3, 0.4) is 0 Å². The largest absolute Gasteiger partial charge is 0.311 e. The third-order valence-electron chi connectivity index (χ3n) is 13.7. The predicted molar refractivity (Wildman–Crippen MR) is 260 cm³/mol. The molecule has 0 N–H and O–H groups in total. The molecule has 0 unspecified atom stereocenters. The van der Waals surface area contributed by atoms with Crippen LogP contribution in [0.4, 0.5) is 34.1 Å². The molecule has 3 heteroatoms. The second-order valence-corrected chi connectivity index (χ2v) is 21.1. The molecule has 0 atom stereocenters. The van der Waals surface area contributed by atoms with E-state index in [1.54, 1.807) is 0 Å². The van der Waals surface area contributed by atoms with Crippen LogP contribution in [-0.2, 0) is 21.7 Å². The monoisotopic (exact) mass is 780 g/mol. The van der Waals surface area contributed by atoms with Gasteiger partial charge < -0.3 is 9.80 Å². The molecule has 0 saturated heterocycles. The summed E-state index contributed by atoms with van der Waals surface area (Å²) in [4.78, 5) is 5.11. The Hall–Kier alpha value is -5.80. The molecule has 1 aliphatic carbocycles. The fraction of sp³-hybridized carbons (Fsp3) is 0.263. The van der Waals surface area contributed by atoms with E-state index in [2.05, 4.69) is 232 Å². The Balaban J connectivity index is 1.22. The molecule has 0 spiro atoms. The highest BCUT2D eigenvalue weighted by atomic mass is 15.2. The topological polar surface area (TPSA) is 6.48 Å². The minimum absolute atomic E-state index is 0.00349. The van der Waals surface area contributed by atoms with E-state index in [4.69, 9.17) is 0 Å². The Morgan fingerprint density at radius 3 is 1.52 bits per heavy atom. The molecule has 2 aliphatic heterocycles. The van der Waals surface area contributed by atoms with Gasteiger partial charge in [0.15, 0.2) is 0 Å². The highest BCUT2D eigenvalue weighted by Crippen LogP contribution is 2.53. The summed E-state index contributed by atoms with van der Waals surface area (Å²) >= 11 is 0. The second-order valence-electron chi connectivity index (χ2n) is 21.1. The SMILES string of the molecule is CC(C)(C)c1ccc(N2c3cc(C(C)(C)C)ccc3B3c4ccc(C(C)(C)C)cc4N(c4cccc(-c5cccc6c5-c5ccccc5C6(C)C)c4)c4cccc2c43)cc1. The molecule has 0 radical (unpaired) electrons. The number of anilines is 6. The summed E-state index contributed by atoms with van der Waals surface area (Å²) < 4.78 is 0. The summed E-state index contributed by atoms with van der Waals surface area (Å²) in [5, 5.41) is 0. The van der Waals surface area contributed by atoms with Crippen LogP contribution in [0, 0.1) is 0 Å². The lowest BCUT2D eigenvalue weighted by molar-refractivity contribution is 0.590. The second kappa shape index (κ2) is 13.1. The van der Waals surface area contributed by atoms with Gasteiger partial charge in [-0.25, -0.2) is 0 Å². The summed E-state index contributed by atoms with van der Waals surface area (Å²) in [6, 6.07) is 56.1. The van der Waals surface area contributed by atoms with Crippen molar-refractivity contribution in [3.8, 4) is 22.3 Å². The summed E-state index contributed by atoms with van der Waals surface area (Å²) in [5.74, 6) is 0. The van der Waals surface area contributed by atoms with Crippen molar-refractivity contribution >= 4 is 57.2 Å². The molecule has 3 aliphatic rings. The Bertz CT molecular complexity index is 2860. The van der Waals surface area contributed by atoms with Crippen molar-refractivity contribution in [2.75, 3.05) is 9.80 Å². The van der Waals surface area contributed by atoms with E-state index in [0.29, 0.717) is 0 Å². The fourth-order valence-electron chi connectivity index (χ4n) is 10.3. The average molecular weight is 781 g/mol. The first-order valence-corrected chi connectivity index (χ1v) is 21.9. The first-order chi connectivity index (χ1) is 28.4. The Kier molecular flexibility index (Phi) is 8.39. The van der Waals surface area contributed by atoms with Crippen molar-refractivity contribution in [3.63, 3.8) is 0 Å². The number of fused-ring (bicyclic) bond motifs is 7. The number of hydrogen-bond acceptors (Lipinski definition) is 2. The highest BCUT2D eigenvalue weighted by molar-refractivity contribution is 7.00. The lowest BCUT2D eigenvalue weighted by Crippen LogP contribution is -2.61. The van der Waals surface area contributed by atoms with Gasteiger partial charge in [-0.05, 0) is 131 Å². The molecule has 0 amide bonds. The van der Waals surface area contributed by atoms with Gasteiger partial charge in [0.05, 0.1) is 0 Å². The van der Waals surface area contributed by atoms with Gasteiger partial charge in [0, 0.05) is 39.5 Å². The third kappa shape index (κ3) is 5.83. The Morgan fingerprint density at radius 1 is 0.417 bits per heavy atom. The molecule has 7 aromatic rings. The lowest BCUT2D eigenvalue weighted by atomic mass is 9.33. The highest BCUT2D eigenvalue weighted by Gasteiger charge is 2.44. The molecule has 2 heterocycles. The molecule has 2 nitrogen and oxygen atoms in total. The lowest BCUT2D eigenvalue weighted by Gasteiger charge is -2.45. The predicted octanol–water partition coefficient (Wildman–Crippen LogP) is 13.6. The van der Waals surface area contributed by atoms with Crippen LogP contribution in [0.1, 0.15) is 104 Å². The zero-order valence-electron chi connectivity index (χ0n) is 37.3. The van der Waals surface area contributed by atoms with Crippen molar-refractivity contribution in [1.82, 2.24) is 0 Å². The van der Waals surface area contributed by atoms with Crippen LogP contribution in [0.25, 0.3) is 22.3 Å². The van der Waals surface area contributed by atoms with E-state index >= 15 is 0 Å². The van der Waals surface area contributed by atoms with Gasteiger partial charge in [-0.15, -0.1) is 0 Å². The third-order valence-corrected chi connectivity index (χ3v) is 13.7. The summed E-state index contributed by atoms with van der Waals surface area (Å²) in [6.07, 6.45) is 0. The fourth-order valence-corrected chi connectivity index (χ4v) is 10.3. The number of nitrogens with zero attached hydrogens (tertiary/aromatic N) is 2. The van der Waals surface area contributed by atoms with Gasteiger partial charge in [0.25, 0.3) is 6.71 Å². The van der Waals surface area contributed by atoms with Crippen LogP contribution >= 0.6 is 0 Å². The molecule has 0 bridgehead atoms. The molecular weight excluding hydrogens is 723 g/mol. The molecule has 60 heavy (non-hydrogen) atoms. The van der Waals surface area contributed by atoms with E-state index < -0.39 is 0 Å². The van der Waals surface area contributed by atoms with Crippen LogP contribution in [-0.4, -0.2) is 6.71 Å². The normalized spacial score (nSPS) is 14.9. The van der Waals surface area contributed by atoms with Gasteiger partial charge >= 0.3 is 0 Å². The Labute approximate surface area is 359 Å². The summed E-state index contributed by atoms with van der Waals surface area (Å²) in [7, 11) is 0. The van der Waals surface area contributed by atoms with Crippen molar-refractivity contribution in [1.29, 1.82) is 0 Å². The molecular formula is C57H57BN2. The van der Waals surface area contributed by atoms with E-state index in [1.807, 2.05) is 0 Å². The number of benzene rings is 7. The van der Waals surface area contributed by atoms with E-state index in [9.17, 15) is 0 Å². The minimum Gasteiger partial charge on any atom is -0.311 e. The zero-order chi connectivity index (χ0) is 42.1. The molecule has 0 aromatic heterocycles. The number of rotatable bonds is 3. The maximum atomic E-state index is 2.57. The van der Waals surface area contributed by atoms with E-state index in [1.165, 1.54) is 101 Å². The van der Waals surface area contributed by atoms with Crippen LogP contribution in [0.2, 0.25) is 0 Å². The standard InChI is InChI=1S/C57H57BN2/c1-54(2,3)37-25-29-40(30-26-37)59-48-23-16-24-49-53(48)58(46-31-27-38(34-50(46)59)55(4,5)6)47-32-28-39(56(7,8)9)35-51(47)60(49)41-18-14-17-36(33-41)42-20-15-22-45-52(42)43-19-12-13-21-44(43)57(45,10)11/h12-35H,1-11H3. The first-order valence-electron chi connectivity index (χ1n) is 21.9. The quantitative estimate of drug-likeness (QED) is 0.165. The first kappa shape index (κ1) is 38.4. The van der Waals surface area contributed by atoms with Crippen molar-refractivity contribution in [2.45, 2.75) is 97.8 Å². The Morgan fingerprint density at radius 2 is 0.917 bits per heavy atom. The van der Waals surface area contributed by atoms with Gasteiger partial charge in [-0.2, -0.15) is 0 Å². The van der Waals surface area contributed by atoms with Crippen LogP contribution < -0.4 is 26.2 Å². The molecule has 0 fully saturated rings. The van der Waals surface area contributed by atoms with E-state index in [-0.39, 0.29) is 28.4 Å². The molecule has 7 aromatic carbocycles. The zero-order valence-corrected chi connectivity index (χ0v) is 37.3. The van der Waals surface area contributed by atoms with Crippen LogP contribution in [0.5, 0.6) is 0 Å². The molecule has 10 rings (SSSR count). The molecule has 298 valence electrons. The van der Waals surface area contributed by atoms with Gasteiger partial charge in [-0.3, -0.25) is 0 Å². The maximum absolute atomic E-state index is 2.57. The summed E-state index contributed by atoms with van der Waals surface area (Å²) in [6.45, 7) is 25.7. The minimum atomic E-state index is -0.0598. The number of hydrogen-bond donors (Lipinski definition) is 0.